The highest BCUT2D eigenvalue weighted by atomic mass is 19.1. The van der Waals surface area contributed by atoms with Crippen LogP contribution < -0.4 is 15.5 Å². The largest absolute Gasteiger partial charge is 0.371 e. The van der Waals surface area contributed by atoms with Gasteiger partial charge in [-0.05, 0) is 69.0 Å². The van der Waals surface area contributed by atoms with Gasteiger partial charge in [-0.2, -0.15) is 0 Å². The summed E-state index contributed by atoms with van der Waals surface area (Å²) in [6, 6.07) is 11.0. The van der Waals surface area contributed by atoms with Gasteiger partial charge >= 0.3 is 0 Å². The number of hydrogen-bond acceptors (Lipinski definition) is 3. The lowest BCUT2D eigenvalue weighted by molar-refractivity contribution is 0.0938. The summed E-state index contributed by atoms with van der Waals surface area (Å²) in [6.07, 6.45) is 4.24. The summed E-state index contributed by atoms with van der Waals surface area (Å²) in [5, 5.41) is 5.79. The number of amides is 2. The second kappa shape index (κ2) is 9.54. The predicted molar refractivity (Wildman–Crippen MR) is 114 cm³/mol. The van der Waals surface area contributed by atoms with Crippen LogP contribution in [0.2, 0.25) is 0 Å². The maximum absolute atomic E-state index is 13.4. The Morgan fingerprint density at radius 3 is 2.52 bits per heavy atom. The summed E-state index contributed by atoms with van der Waals surface area (Å²) in [7, 11) is 0. The van der Waals surface area contributed by atoms with Crippen LogP contribution in [0.3, 0.4) is 0 Å². The number of carbonyl (C=O) groups is 2. The van der Waals surface area contributed by atoms with Gasteiger partial charge in [-0.25, -0.2) is 4.39 Å². The first-order chi connectivity index (χ1) is 14.0. The second-order valence-corrected chi connectivity index (χ2v) is 7.53. The summed E-state index contributed by atoms with van der Waals surface area (Å²) < 4.78 is 13.4. The molecule has 0 unspecified atom stereocenters. The average molecular weight is 397 g/mol. The molecule has 0 bridgehead atoms. The van der Waals surface area contributed by atoms with Crippen LogP contribution in [-0.4, -0.2) is 30.9 Å². The minimum Gasteiger partial charge on any atom is -0.371 e. The molecule has 2 aromatic rings. The summed E-state index contributed by atoms with van der Waals surface area (Å²) in [5.74, 6) is -1.03. The van der Waals surface area contributed by atoms with E-state index in [4.69, 9.17) is 0 Å². The van der Waals surface area contributed by atoms with Gasteiger partial charge in [0.05, 0.1) is 5.56 Å². The fraction of sp³-hybridized carbons (Fsp3) is 0.391. The number of rotatable bonds is 6. The predicted octanol–water partition coefficient (Wildman–Crippen LogP) is 4.60. The van der Waals surface area contributed by atoms with Crippen molar-refractivity contribution in [1.82, 2.24) is 5.32 Å². The molecule has 2 aromatic carbocycles. The molecule has 0 saturated carbocycles. The lowest BCUT2D eigenvalue weighted by Gasteiger charge is -2.31. The first kappa shape index (κ1) is 20.8. The highest BCUT2D eigenvalue weighted by Crippen LogP contribution is 2.27. The third kappa shape index (κ3) is 5.34. The number of benzene rings is 2. The van der Waals surface area contributed by atoms with Gasteiger partial charge in [-0.15, -0.1) is 0 Å². The molecule has 3 rings (SSSR count). The van der Waals surface area contributed by atoms with E-state index in [-0.39, 0.29) is 17.5 Å². The Morgan fingerprint density at radius 1 is 1.07 bits per heavy atom. The maximum Gasteiger partial charge on any atom is 0.255 e. The summed E-state index contributed by atoms with van der Waals surface area (Å²) >= 11 is 0. The highest BCUT2D eigenvalue weighted by molar-refractivity contribution is 6.06. The van der Waals surface area contributed by atoms with E-state index in [1.807, 2.05) is 19.9 Å². The molecular weight excluding hydrogens is 369 g/mol. The van der Waals surface area contributed by atoms with Crippen LogP contribution in [0, 0.1) is 5.82 Å². The molecule has 1 atom stereocenters. The zero-order valence-corrected chi connectivity index (χ0v) is 17.0. The van der Waals surface area contributed by atoms with E-state index in [0.717, 1.165) is 38.0 Å². The van der Waals surface area contributed by atoms with E-state index in [2.05, 4.69) is 15.5 Å². The maximum atomic E-state index is 13.4. The summed E-state index contributed by atoms with van der Waals surface area (Å²) in [6.45, 7) is 5.82. The van der Waals surface area contributed by atoms with Gasteiger partial charge in [0.2, 0.25) is 0 Å². The van der Waals surface area contributed by atoms with Gasteiger partial charge in [0, 0.05) is 36.1 Å². The van der Waals surface area contributed by atoms with E-state index in [0.29, 0.717) is 11.3 Å². The lowest BCUT2D eigenvalue weighted by Crippen LogP contribution is -2.35. The van der Waals surface area contributed by atoms with Gasteiger partial charge in [-0.3, -0.25) is 9.59 Å². The van der Waals surface area contributed by atoms with Gasteiger partial charge in [0.25, 0.3) is 11.8 Å². The molecule has 0 aromatic heterocycles. The topological polar surface area (TPSA) is 61.4 Å². The number of hydrogen-bond donors (Lipinski definition) is 2. The van der Waals surface area contributed by atoms with Crippen LogP contribution in [-0.2, 0) is 0 Å². The molecule has 0 aliphatic carbocycles. The number of piperidine rings is 1. The first-order valence-corrected chi connectivity index (χ1v) is 10.2. The molecule has 2 amide bonds. The van der Waals surface area contributed by atoms with E-state index in [1.54, 1.807) is 18.2 Å². The third-order valence-electron chi connectivity index (χ3n) is 5.27. The molecule has 0 radical (unpaired) electrons. The molecule has 1 saturated heterocycles. The molecule has 6 heteroatoms. The highest BCUT2D eigenvalue weighted by Gasteiger charge is 2.20. The van der Waals surface area contributed by atoms with Gasteiger partial charge in [-0.1, -0.05) is 13.0 Å². The summed E-state index contributed by atoms with van der Waals surface area (Å²) in [5.41, 5.74) is 2.17. The van der Waals surface area contributed by atoms with E-state index in [9.17, 15) is 14.0 Å². The SMILES string of the molecule is CC[C@H](C)NC(=O)c1cc(NC(=O)c2cccc(F)c2)ccc1N1CCCCC1. The van der Waals surface area contributed by atoms with Crippen molar-refractivity contribution < 1.29 is 14.0 Å². The average Bonchev–Trinajstić information content (AvgIpc) is 2.74. The van der Waals surface area contributed by atoms with E-state index in [1.165, 1.54) is 24.6 Å². The Morgan fingerprint density at radius 2 is 1.83 bits per heavy atom. The van der Waals surface area contributed by atoms with Gasteiger partial charge in [0.1, 0.15) is 5.82 Å². The van der Waals surface area contributed by atoms with Crippen molar-refractivity contribution in [3.63, 3.8) is 0 Å². The molecule has 1 aliphatic heterocycles. The van der Waals surface area contributed by atoms with Crippen molar-refractivity contribution in [2.24, 2.45) is 0 Å². The van der Waals surface area contributed by atoms with Crippen molar-refractivity contribution in [1.29, 1.82) is 0 Å². The lowest BCUT2D eigenvalue weighted by atomic mass is 10.0. The van der Waals surface area contributed by atoms with Gasteiger partial charge in [0.15, 0.2) is 0 Å². The van der Waals surface area contributed by atoms with Crippen molar-refractivity contribution in [2.45, 2.75) is 45.6 Å². The first-order valence-electron chi connectivity index (χ1n) is 10.2. The van der Waals surface area contributed by atoms with Crippen molar-refractivity contribution >= 4 is 23.2 Å². The summed E-state index contributed by atoms with van der Waals surface area (Å²) in [4.78, 5) is 27.6. The molecule has 29 heavy (non-hydrogen) atoms. The number of halogens is 1. The van der Waals surface area contributed by atoms with Crippen molar-refractivity contribution in [3.8, 4) is 0 Å². The molecule has 1 fully saturated rings. The molecule has 1 aliphatic rings. The smallest absolute Gasteiger partial charge is 0.255 e. The minimum atomic E-state index is -0.466. The Bertz CT molecular complexity index is 878. The Hall–Kier alpha value is -2.89. The van der Waals surface area contributed by atoms with Crippen LogP contribution >= 0.6 is 0 Å². The number of anilines is 2. The third-order valence-corrected chi connectivity index (χ3v) is 5.27. The second-order valence-electron chi connectivity index (χ2n) is 7.53. The number of carbonyl (C=O) groups excluding carboxylic acids is 2. The van der Waals surface area contributed by atoms with E-state index >= 15 is 0 Å². The molecule has 154 valence electrons. The minimum absolute atomic E-state index is 0.0576. The Balaban J connectivity index is 1.87. The molecule has 5 nitrogen and oxygen atoms in total. The fourth-order valence-corrected chi connectivity index (χ4v) is 3.44. The van der Waals surface area contributed by atoms with Crippen LogP contribution in [0.15, 0.2) is 42.5 Å². The quantitative estimate of drug-likeness (QED) is 0.749. The van der Waals surface area contributed by atoms with Crippen LogP contribution in [0.1, 0.15) is 60.2 Å². The monoisotopic (exact) mass is 397 g/mol. The Kier molecular flexibility index (Phi) is 6.86. The molecule has 0 spiro atoms. The normalized spacial score (nSPS) is 14.9. The Labute approximate surface area is 171 Å². The molecule has 1 heterocycles. The number of nitrogens with zero attached hydrogens (tertiary/aromatic N) is 1. The standard InChI is InChI=1S/C23H28FN3O2/c1-3-16(2)25-23(29)20-15-19(10-11-21(20)27-12-5-4-6-13-27)26-22(28)17-8-7-9-18(24)14-17/h7-11,14-16H,3-6,12-13H2,1-2H3,(H,25,29)(H,26,28)/t16-/m0/s1. The molecule has 2 N–H and O–H groups in total. The van der Waals surface area contributed by atoms with E-state index < -0.39 is 11.7 Å². The van der Waals surface area contributed by atoms with Crippen molar-refractivity contribution in [3.05, 3.63) is 59.4 Å². The molecular formula is C23H28FN3O2. The zero-order chi connectivity index (χ0) is 20.8. The van der Waals surface area contributed by atoms with Crippen molar-refractivity contribution in [2.75, 3.05) is 23.3 Å². The number of nitrogens with one attached hydrogen (secondary N) is 2. The fourth-order valence-electron chi connectivity index (χ4n) is 3.44. The van der Waals surface area contributed by atoms with Crippen LogP contribution in [0.5, 0.6) is 0 Å². The van der Waals surface area contributed by atoms with Crippen LogP contribution in [0.25, 0.3) is 0 Å². The van der Waals surface area contributed by atoms with Gasteiger partial charge < -0.3 is 15.5 Å². The van der Waals surface area contributed by atoms with Crippen LogP contribution in [0.4, 0.5) is 15.8 Å². The zero-order valence-electron chi connectivity index (χ0n) is 17.0.